The van der Waals surface area contributed by atoms with Crippen molar-refractivity contribution in [3.05, 3.63) is 99.0 Å². The summed E-state index contributed by atoms with van der Waals surface area (Å²) in [5.74, 6) is -0.925. The Kier molecular flexibility index (Phi) is 11.1. The van der Waals surface area contributed by atoms with Gasteiger partial charge >= 0.3 is 0 Å². The van der Waals surface area contributed by atoms with E-state index < -0.39 is 28.5 Å². The average molecular weight is 611 g/mol. The van der Waals surface area contributed by atoms with Gasteiger partial charge in [-0.25, -0.2) is 8.42 Å². The molecule has 3 rings (SSSR count). The van der Waals surface area contributed by atoms with Gasteiger partial charge in [-0.2, -0.15) is 0 Å². The minimum atomic E-state index is -3.94. The second-order valence-electron chi connectivity index (χ2n) is 9.01. The van der Waals surface area contributed by atoms with Crippen molar-refractivity contribution in [3.8, 4) is 0 Å². The molecule has 0 aliphatic heterocycles. The summed E-state index contributed by atoms with van der Waals surface area (Å²) >= 11 is 18.5. The van der Waals surface area contributed by atoms with E-state index in [9.17, 15) is 18.0 Å². The lowest BCUT2D eigenvalue weighted by Gasteiger charge is -2.33. The number of sulfonamides is 1. The Balaban J connectivity index is 2.06. The van der Waals surface area contributed by atoms with Gasteiger partial charge in [-0.1, -0.05) is 84.2 Å². The molecule has 0 aliphatic rings. The number of carbonyl (C=O) groups excluding carboxylic acids is 2. The molecule has 39 heavy (non-hydrogen) atoms. The van der Waals surface area contributed by atoms with Gasteiger partial charge in [0.15, 0.2) is 0 Å². The van der Waals surface area contributed by atoms with Gasteiger partial charge in [0.25, 0.3) is 0 Å². The zero-order chi connectivity index (χ0) is 28.6. The number of benzene rings is 3. The van der Waals surface area contributed by atoms with Gasteiger partial charge in [0.2, 0.25) is 21.8 Å². The van der Waals surface area contributed by atoms with Crippen molar-refractivity contribution in [2.45, 2.75) is 32.4 Å². The molecule has 0 heterocycles. The maximum atomic E-state index is 14.0. The SMILES string of the molecule is CCCNC(=O)[C@H](Cc1ccccc1)N(Cc1cccc(Cl)c1)C(=O)CN(c1ccc(Cl)cc1Cl)S(C)(=O)=O. The normalized spacial score (nSPS) is 12.0. The predicted molar refractivity (Wildman–Crippen MR) is 158 cm³/mol. The average Bonchev–Trinajstić information content (AvgIpc) is 2.88. The van der Waals surface area contributed by atoms with Crippen LogP contribution >= 0.6 is 34.8 Å². The minimum Gasteiger partial charge on any atom is -0.354 e. The van der Waals surface area contributed by atoms with E-state index in [1.54, 1.807) is 24.3 Å². The van der Waals surface area contributed by atoms with Crippen LogP contribution in [0.2, 0.25) is 15.1 Å². The maximum Gasteiger partial charge on any atom is 0.244 e. The lowest BCUT2D eigenvalue weighted by molar-refractivity contribution is -0.140. The molecule has 1 N–H and O–H groups in total. The van der Waals surface area contributed by atoms with E-state index in [1.807, 2.05) is 37.3 Å². The number of hydrogen-bond acceptors (Lipinski definition) is 4. The van der Waals surface area contributed by atoms with Crippen LogP contribution in [0.15, 0.2) is 72.8 Å². The Bertz CT molecular complexity index is 1400. The third-order valence-corrected chi connectivity index (χ3v) is 7.82. The highest BCUT2D eigenvalue weighted by atomic mass is 35.5. The summed E-state index contributed by atoms with van der Waals surface area (Å²) in [6.07, 6.45) is 1.92. The molecule has 208 valence electrons. The van der Waals surface area contributed by atoms with Crippen molar-refractivity contribution < 1.29 is 18.0 Å². The quantitative estimate of drug-likeness (QED) is 0.290. The van der Waals surface area contributed by atoms with E-state index in [4.69, 9.17) is 34.8 Å². The van der Waals surface area contributed by atoms with Gasteiger partial charge in [-0.05, 0) is 47.9 Å². The summed E-state index contributed by atoms with van der Waals surface area (Å²) in [4.78, 5) is 28.8. The standard InChI is InChI=1S/C28H30Cl3N3O4S/c1-3-14-32-28(36)26(16-20-8-5-4-6-9-20)33(18-21-10-7-11-22(29)15-21)27(35)19-34(39(2,37)38)25-13-12-23(30)17-24(25)31/h4-13,15,17,26H,3,14,16,18-19H2,1-2H3,(H,32,36)/t26-/m0/s1. The Morgan fingerprint density at radius 2 is 1.56 bits per heavy atom. The first kappa shape index (κ1) is 30.8. The van der Waals surface area contributed by atoms with Crippen LogP contribution in [0.3, 0.4) is 0 Å². The van der Waals surface area contributed by atoms with Crippen molar-refractivity contribution in [3.63, 3.8) is 0 Å². The van der Waals surface area contributed by atoms with Gasteiger partial charge in [-0.15, -0.1) is 0 Å². The van der Waals surface area contributed by atoms with Crippen LogP contribution in [-0.4, -0.2) is 50.5 Å². The van der Waals surface area contributed by atoms with E-state index in [0.29, 0.717) is 28.6 Å². The van der Waals surface area contributed by atoms with E-state index in [1.165, 1.54) is 23.1 Å². The van der Waals surface area contributed by atoms with Crippen LogP contribution in [0.1, 0.15) is 24.5 Å². The number of nitrogens with zero attached hydrogens (tertiary/aromatic N) is 2. The fourth-order valence-electron chi connectivity index (χ4n) is 4.03. The second-order valence-corrected chi connectivity index (χ2v) is 12.2. The molecule has 0 saturated heterocycles. The third-order valence-electron chi connectivity index (χ3n) is 5.92. The van der Waals surface area contributed by atoms with Crippen molar-refractivity contribution >= 4 is 62.3 Å². The Labute approximate surface area is 244 Å². The number of carbonyl (C=O) groups is 2. The van der Waals surface area contributed by atoms with E-state index in [-0.39, 0.29) is 29.6 Å². The van der Waals surface area contributed by atoms with Gasteiger partial charge in [0.05, 0.1) is 17.0 Å². The molecule has 0 unspecified atom stereocenters. The van der Waals surface area contributed by atoms with E-state index in [2.05, 4.69) is 5.32 Å². The Hall–Kier alpha value is -2.78. The lowest BCUT2D eigenvalue weighted by atomic mass is 10.0. The zero-order valence-electron chi connectivity index (χ0n) is 21.6. The molecule has 3 aromatic carbocycles. The molecule has 0 bridgehead atoms. The molecule has 0 aromatic heterocycles. The van der Waals surface area contributed by atoms with Crippen molar-refractivity contribution in [1.82, 2.24) is 10.2 Å². The largest absolute Gasteiger partial charge is 0.354 e. The molecule has 0 radical (unpaired) electrons. The highest BCUT2D eigenvalue weighted by Gasteiger charge is 2.33. The first-order valence-electron chi connectivity index (χ1n) is 12.3. The Morgan fingerprint density at radius 1 is 0.897 bits per heavy atom. The Morgan fingerprint density at radius 3 is 2.18 bits per heavy atom. The monoisotopic (exact) mass is 609 g/mol. The highest BCUT2D eigenvalue weighted by molar-refractivity contribution is 7.92. The summed E-state index contributed by atoms with van der Waals surface area (Å²) in [6, 6.07) is 19.7. The zero-order valence-corrected chi connectivity index (χ0v) is 24.7. The molecule has 0 spiro atoms. The number of rotatable bonds is 12. The van der Waals surface area contributed by atoms with E-state index in [0.717, 1.165) is 16.1 Å². The molecular formula is C28H30Cl3N3O4S. The fourth-order valence-corrected chi connectivity index (χ4v) is 5.67. The predicted octanol–water partition coefficient (Wildman–Crippen LogP) is 5.58. The lowest BCUT2D eigenvalue weighted by Crippen LogP contribution is -2.53. The van der Waals surface area contributed by atoms with Gasteiger partial charge in [-0.3, -0.25) is 13.9 Å². The molecule has 0 aliphatic carbocycles. The number of nitrogens with one attached hydrogen (secondary N) is 1. The molecule has 7 nitrogen and oxygen atoms in total. The molecular weight excluding hydrogens is 581 g/mol. The fraction of sp³-hybridized carbons (Fsp3) is 0.286. The number of halogens is 3. The van der Waals surface area contributed by atoms with Crippen molar-refractivity contribution in [2.24, 2.45) is 0 Å². The summed E-state index contributed by atoms with van der Waals surface area (Å²) in [5.41, 5.74) is 1.64. The van der Waals surface area contributed by atoms with Crippen LogP contribution in [0.25, 0.3) is 0 Å². The van der Waals surface area contributed by atoms with Crippen LogP contribution in [0.5, 0.6) is 0 Å². The summed E-state index contributed by atoms with van der Waals surface area (Å²) in [6.45, 7) is 1.82. The van der Waals surface area contributed by atoms with Crippen LogP contribution in [0.4, 0.5) is 5.69 Å². The number of anilines is 1. The number of amides is 2. The topological polar surface area (TPSA) is 86.8 Å². The smallest absolute Gasteiger partial charge is 0.244 e. The van der Waals surface area contributed by atoms with Crippen LogP contribution in [-0.2, 0) is 32.6 Å². The van der Waals surface area contributed by atoms with Crippen LogP contribution < -0.4 is 9.62 Å². The van der Waals surface area contributed by atoms with Gasteiger partial charge < -0.3 is 10.2 Å². The molecule has 11 heteroatoms. The summed E-state index contributed by atoms with van der Waals surface area (Å²) < 4.78 is 26.6. The first-order valence-corrected chi connectivity index (χ1v) is 15.3. The molecule has 1 atom stereocenters. The molecule has 0 fully saturated rings. The summed E-state index contributed by atoms with van der Waals surface area (Å²) in [5, 5.41) is 3.76. The molecule has 3 aromatic rings. The van der Waals surface area contributed by atoms with Crippen molar-refractivity contribution in [1.29, 1.82) is 0 Å². The minimum absolute atomic E-state index is 0.0301. The van der Waals surface area contributed by atoms with Gasteiger partial charge in [0, 0.05) is 29.6 Å². The van der Waals surface area contributed by atoms with Crippen molar-refractivity contribution in [2.75, 3.05) is 23.7 Å². The molecule has 0 saturated carbocycles. The van der Waals surface area contributed by atoms with E-state index >= 15 is 0 Å². The first-order chi connectivity index (χ1) is 18.5. The summed E-state index contributed by atoms with van der Waals surface area (Å²) in [7, 11) is -3.94. The van der Waals surface area contributed by atoms with Gasteiger partial charge in [0.1, 0.15) is 12.6 Å². The number of hydrogen-bond donors (Lipinski definition) is 1. The molecule has 2 amide bonds. The third kappa shape index (κ3) is 8.86. The second kappa shape index (κ2) is 14.0. The van der Waals surface area contributed by atoms with Crippen LogP contribution in [0, 0.1) is 0 Å². The highest BCUT2D eigenvalue weighted by Crippen LogP contribution is 2.30. The maximum absolute atomic E-state index is 14.0.